The summed E-state index contributed by atoms with van der Waals surface area (Å²) in [4.78, 5) is 17.1. The number of nitrogens with one attached hydrogen (secondary N) is 2. The van der Waals surface area contributed by atoms with E-state index in [0.29, 0.717) is 12.2 Å². The molecule has 0 saturated carbocycles. The summed E-state index contributed by atoms with van der Waals surface area (Å²) in [5.41, 5.74) is 3.28. The molecule has 1 amide bonds. The van der Waals surface area contributed by atoms with Crippen LogP contribution in [0.15, 0.2) is 48.8 Å². The lowest BCUT2D eigenvalue weighted by Crippen LogP contribution is -2.33. The van der Waals surface area contributed by atoms with Crippen molar-refractivity contribution in [2.45, 2.75) is 39.4 Å². The number of fused-ring (bicyclic) bond motifs is 1. The van der Waals surface area contributed by atoms with Crippen LogP contribution in [0.1, 0.15) is 35.4 Å². The molecule has 4 aromatic rings. The van der Waals surface area contributed by atoms with Gasteiger partial charge in [0.15, 0.2) is 0 Å². The summed E-state index contributed by atoms with van der Waals surface area (Å²) >= 11 is 0. The highest BCUT2D eigenvalue weighted by Crippen LogP contribution is 2.17. The van der Waals surface area contributed by atoms with Crippen LogP contribution in [0.25, 0.3) is 11.0 Å². The highest BCUT2D eigenvalue weighted by atomic mass is 16.2. The van der Waals surface area contributed by atoms with Crippen molar-refractivity contribution >= 4 is 16.9 Å². The monoisotopic (exact) mass is 377 g/mol. The highest BCUT2D eigenvalue weighted by Gasteiger charge is 2.15. The lowest BCUT2D eigenvalue weighted by molar-refractivity contribution is 0.0932. The van der Waals surface area contributed by atoms with Gasteiger partial charge in [-0.1, -0.05) is 12.1 Å². The molecule has 8 nitrogen and oxygen atoms in total. The van der Waals surface area contributed by atoms with Gasteiger partial charge >= 0.3 is 0 Å². The minimum atomic E-state index is -0.178. The second-order valence-corrected chi connectivity index (χ2v) is 6.94. The third-order valence-electron chi connectivity index (χ3n) is 4.77. The van der Waals surface area contributed by atoms with E-state index in [4.69, 9.17) is 0 Å². The number of carbonyl (C=O) groups excluding carboxylic acids is 1. The van der Waals surface area contributed by atoms with Crippen LogP contribution in [0.5, 0.6) is 0 Å². The summed E-state index contributed by atoms with van der Waals surface area (Å²) < 4.78 is 3.96. The molecule has 0 saturated heterocycles. The van der Waals surface area contributed by atoms with Gasteiger partial charge < -0.3 is 9.88 Å². The highest BCUT2D eigenvalue weighted by molar-refractivity contribution is 5.92. The predicted octanol–water partition coefficient (Wildman–Crippen LogP) is 2.52. The third-order valence-corrected chi connectivity index (χ3v) is 4.77. The topological polar surface area (TPSA) is 93.4 Å². The SMILES string of the molecule is Cc1nc2ccccc2n1Cc1cc(C(=O)NC(C)CCn2cccn2)n[nH]1. The number of hydrogen-bond acceptors (Lipinski definition) is 4. The first-order chi connectivity index (χ1) is 13.6. The van der Waals surface area contributed by atoms with E-state index in [2.05, 4.69) is 30.2 Å². The van der Waals surface area contributed by atoms with Gasteiger partial charge in [0.05, 0.1) is 23.3 Å². The number of aryl methyl sites for hydroxylation is 2. The molecule has 8 heteroatoms. The van der Waals surface area contributed by atoms with Crippen molar-refractivity contribution < 1.29 is 4.79 Å². The molecule has 144 valence electrons. The lowest BCUT2D eigenvalue weighted by Gasteiger charge is -2.12. The van der Waals surface area contributed by atoms with Crippen molar-refractivity contribution in [1.82, 2.24) is 34.8 Å². The normalized spacial score (nSPS) is 12.4. The molecule has 0 aliphatic heterocycles. The number of benzene rings is 1. The Morgan fingerprint density at radius 2 is 2.14 bits per heavy atom. The standard InChI is InChI=1S/C20H23N7O/c1-14(8-11-26-10-5-9-21-26)22-20(28)18-12-16(24-25-18)13-27-15(2)23-17-6-3-4-7-19(17)27/h3-7,9-10,12,14H,8,11,13H2,1-2H3,(H,22,28)(H,24,25). The number of H-pyrrole nitrogens is 1. The van der Waals surface area contributed by atoms with Crippen molar-refractivity contribution in [3.05, 3.63) is 66.0 Å². The minimum Gasteiger partial charge on any atom is -0.348 e. The van der Waals surface area contributed by atoms with Crippen molar-refractivity contribution in [3.8, 4) is 0 Å². The molecule has 3 heterocycles. The van der Waals surface area contributed by atoms with Crippen molar-refractivity contribution in [2.24, 2.45) is 0 Å². The van der Waals surface area contributed by atoms with Gasteiger partial charge in [-0.3, -0.25) is 14.6 Å². The van der Waals surface area contributed by atoms with Crippen molar-refractivity contribution in [3.63, 3.8) is 0 Å². The van der Waals surface area contributed by atoms with Gasteiger partial charge in [0.2, 0.25) is 0 Å². The summed E-state index contributed by atoms with van der Waals surface area (Å²) in [7, 11) is 0. The van der Waals surface area contributed by atoms with E-state index in [0.717, 1.165) is 35.5 Å². The molecule has 1 aromatic carbocycles. The average Bonchev–Trinajstić information content (AvgIpc) is 3.42. The van der Waals surface area contributed by atoms with E-state index in [1.807, 2.05) is 55.1 Å². The summed E-state index contributed by atoms with van der Waals surface area (Å²) in [5.74, 6) is 0.747. The summed E-state index contributed by atoms with van der Waals surface area (Å²) in [6, 6.07) is 11.7. The number of hydrogen-bond donors (Lipinski definition) is 2. The zero-order valence-electron chi connectivity index (χ0n) is 16.0. The molecule has 0 bridgehead atoms. The Kier molecular flexibility index (Phi) is 4.92. The van der Waals surface area contributed by atoms with Crippen molar-refractivity contribution in [1.29, 1.82) is 0 Å². The Balaban J connectivity index is 1.39. The zero-order chi connectivity index (χ0) is 19.5. The van der Waals surface area contributed by atoms with Gasteiger partial charge in [0, 0.05) is 25.0 Å². The van der Waals surface area contributed by atoms with Gasteiger partial charge in [-0.25, -0.2) is 4.98 Å². The van der Waals surface area contributed by atoms with Crippen LogP contribution in [0.4, 0.5) is 0 Å². The van der Waals surface area contributed by atoms with E-state index in [9.17, 15) is 4.79 Å². The van der Waals surface area contributed by atoms with Gasteiger partial charge in [0.25, 0.3) is 5.91 Å². The summed E-state index contributed by atoms with van der Waals surface area (Å²) in [6.45, 7) is 5.30. The number of para-hydroxylation sites is 2. The molecule has 1 atom stereocenters. The molecule has 3 aromatic heterocycles. The maximum Gasteiger partial charge on any atom is 0.271 e. The number of carbonyl (C=O) groups is 1. The van der Waals surface area contributed by atoms with Crippen LogP contribution in [-0.2, 0) is 13.1 Å². The largest absolute Gasteiger partial charge is 0.348 e. The molecule has 2 N–H and O–H groups in total. The van der Waals surface area contributed by atoms with Crippen LogP contribution in [-0.4, -0.2) is 41.5 Å². The van der Waals surface area contributed by atoms with Gasteiger partial charge in [-0.2, -0.15) is 10.2 Å². The number of aromatic nitrogens is 6. The Morgan fingerprint density at radius 3 is 2.96 bits per heavy atom. The zero-order valence-corrected chi connectivity index (χ0v) is 16.0. The maximum atomic E-state index is 12.5. The number of amides is 1. The van der Waals surface area contributed by atoms with Gasteiger partial charge in [0.1, 0.15) is 11.5 Å². The maximum absolute atomic E-state index is 12.5. The van der Waals surface area contributed by atoms with Crippen LogP contribution in [0, 0.1) is 6.92 Å². The molecule has 0 spiro atoms. The molecular formula is C20H23N7O. The summed E-state index contributed by atoms with van der Waals surface area (Å²) in [5, 5.41) is 14.3. The average molecular weight is 377 g/mol. The fourth-order valence-corrected chi connectivity index (χ4v) is 3.25. The Bertz CT molecular complexity index is 1080. The molecule has 0 aliphatic carbocycles. The minimum absolute atomic E-state index is 0.0247. The quantitative estimate of drug-likeness (QED) is 0.517. The number of nitrogens with zero attached hydrogens (tertiary/aromatic N) is 5. The van der Waals surface area contributed by atoms with Crippen molar-refractivity contribution in [2.75, 3.05) is 0 Å². The number of imidazole rings is 1. The van der Waals surface area contributed by atoms with E-state index >= 15 is 0 Å². The van der Waals surface area contributed by atoms with Crippen LogP contribution in [0.2, 0.25) is 0 Å². The number of rotatable bonds is 7. The second kappa shape index (κ2) is 7.67. The third kappa shape index (κ3) is 3.80. The van der Waals surface area contributed by atoms with Crippen LogP contribution >= 0.6 is 0 Å². The second-order valence-electron chi connectivity index (χ2n) is 6.94. The van der Waals surface area contributed by atoms with Gasteiger partial charge in [-0.05, 0) is 44.5 Å². The van der Waals surface area contributed by atoms with E-state index in [1.165, 1.54) is 0 Å². The molecule has 4 rings (SSSR count). The Labute approximate surface area is 162 Å². The van der Waals surface area contributed by atoms with E-state index in [-0.39, 0.29) is 11.9 Å². The fourth-order valence-electron chi connectivity index (χ4n) is 3.25. The number of aromatic amines is 1. The Hall–Kier alpha value is -3.42. The predicted molar refractivity (Wildman–Crippen MR) is 106 cm³/mol. The van der Waals surface area contributed by atoms with E-state index < -0.39 is 0 Å². The smallest absolute Gasteiger partial charge is 0.271 e. The van der Waals surface area contributed by atoms with Gasteiger partial charge in [-0.15, -0.1) is 0 Å². The first kappa shape index (κ1) is 18.0. The molecule has 0 aliphatic rings. The molecule has 0 fully saturated rings. The van der Waals surface area contributed by atoms with E-state index in [1.54, 1.807) is 12.3 Å². The van der Waals surface area contributed by atoms with Crippen LogP contribution in [0.3, 0.4) is 0 Å². The lowest BCUT2D eigenvalue weighted by atomic mass is 10.2. The molecule has 0 radical (unpaired) electrons. The molecule has 1 unspecified atom stereocenters. The fraction of sp³-hybridized carbons (Fsp3) is 0.300. The molecule has 28 heavy (non-hydrogen) atoms. The van der Waals surface area contributed by atoms with Crippen LogP contribution < -0.4 is 5.32 Å². The first-order valence-corrected chi connectivity index (χ1v) is 9.34. The summed E-state index contributed by atoms with van der Waals surface area (Å²) in [6.07, 6.45) is 4.46. The first-order valence-electron chi connectivity index (χ1n) is 9.34. The molecular weight excluding hydrogens is 354 g/mol. The Morgan fingerprint density at radius 1 is 1.29 bits per heavy atom.